The highest BCUT2D eigenvalue weighted by atomic mass is 19.1. The van der Waals surface area contributed by atoms with Gasteiger partial charge in [-0.15, -0.1) is 5.10 Å². The number of hydrogen-bond donors (Lipinski definition) is 2. The van der Waals surface area contributed by atoms with Crippen LogP contribution in [0.4, 0.5) is 15.8 Å². The molecule has 1 fully saturated rings. The number of rotatable bonds is 8. The SMILES string of the molecule is Cc1ccc(Oc2ccc(Nc3cncc4[nH]nc(OCCN5CCOCC5)c34)cc2F)cn1. The third kappa shape index (κ3) is 5.08. The number of aromatic amines is 1. The molecule has 5 rings (SSSR count). The summed E-state index contributed by atoms with van der Waals surface area (Å²) in [6.07, 6.45) is 4.90. The number of nitrogens with zero attached hydrogens (tertiary/aromatic N) is 4. The van der Waals surface area contributed by atoms with E-state index in [9.17, 15) is 4.39 Å². The van der Waals surface area contributed by atoms with E-state index in [0.29, 0.717) is 29.6 Å². The maximum atomic E-state index is 14.7. The summed E-state index contributed by atoms with van der Waals surface area (Å²) in [6.45, 7) is 6.44. The van der Waals surface area contributed by atoms with Gasteiger partial charge < -0.3 is 19.5 Å². The second-order valence-electron chi connectivity index (χ2n) is 7.95. The molecular weight excluding hydrogens is 439 g/mol. The summed E-state index contributed by atoms with van der Waals surface area (Å²) in [5.74, 6) is 0.555. The van der Waals surface area contributed by atoms with E-state index in [0.717, 1.165) is 49.4 Å². The number of hydrogen-bond acceptors (Lipinski definition) is 8. The molecular formula is C24H25FN6O3. The Balaban J connectivity index is 1.29. The van der Waals surface area contributed by atoms with Crippen molar-refractivity contribution in [1.82, 2.24) is 25.1 Å². The molecule has 0 amide bonds. The van der Waals surface area contributed by atoms with Gasteiger partial charge in [0, 0.05) is 37.1 Å². The molecule has 10 heteroatoms. The lowest BCUT2D eigenvalue weighted by molar-refractivity contribution is 0.0321. The molecule has 3 aromatic heterocycles. The van der Waals surface area contributed by atoms with Crippen molar-refractivity contribution < 1.29 is 18.6 Å². The second kappa shape index (κ2) is 10.0. The largest absolute Gasteiger partial charge is 0.475 e. The van der Waals surface area contributed by atoms with E-state index >= 15 is 0 Å². The number of nitrogens with one attached hydrogen (secondary N) is 2. The summed E-state index contributed by atoms with van der Waals surface area (Å²) in [6, 6.07) is 8.23. The fraction of sp³-hybridized carbons (Fsp3) is 0.292. The Labute approximate surface area is 195 Å². The first-order valence-corrected chi connectivity index (χ1v) is 11.1. The van der Waals surface area contributed by atoms with Gasteiger partial charge in [0.05, 0.1) is 48.4 Å². The second-order valence-corrected chi connectivity index (χ2v) is 7.95. The molecule has 0 atom stereocenters. The van der Waals surface area contributed by atoms with Crippen molar-refractivity contribution in [3.05, 3.63) is 60.4 Å². The number of fused-ring (bicyclic) bond motifs is 1. The van der Waals surface area contributed by atoms with Crippen LogP contribution in [0, 0.1) is 12.7 Å². The van der Waals surface area contributed by atoms with Crippen LogP contribution in [0.2, 0.25) is 0 Å². The highest BCUT2D eigenvalue weighted by Crippen LogP contribution is 2.33. The standard InChI is InChI=1S/C24H25FN6O3/c1-16-2-4-18(13-27-16)34-22-5-3-17(12-19(22)25)28-20-14-26-15-21-23(20)24(30-29-21)33-11-8-31-6-9-32-10-7-31/h2-5,12-15,28H,6-11H2,1H3,(H,29,30). The van der Waals surface area contributed by atoms with Gasteiger partial charge in [-0.3, -0.25) is 20.0 Å². The molecule has 9 nitrogen and oxygen atoms in total. The van der Waals surface area contributed by atoms with Crippen LogP contribution in [-0.2, 0) is 4.74 Å². The number of ether oxygens (including phenoxy) is 3. The topological polar surface area (TPSA) is 97.4 Å². The van der Waals surface area contributed by atoms with Crippen molar-refractivity contribution in [1.29, 1.82) is 0 Å². The average Bonchev–Trinajstić information content (AvgIpc) is 3.27. The quantitative estimate of drug-likeness (QED) is 0.403. The molecule has 0 bridgehead atoms. The first-order chi connectivity index (χ1) is 16.7. The Kier molecular flexibility index (Phi) is 6.50. The van der Waals surface area contributed by atoms with E-state index in [1.807, 2.05) is 13.0 Å². The Morgan fingerprint density at radius 1 is 1.15 bits per heavy atom. The van der Waals surface area contributed by atoms with Gasteiger partial charge in [-0.05, 0) is 31.2 Å². The van der Waals surface area contributed by atoms with Crippen molar-refractivity contribution in [2.45, 2.75) is 6.92 Å². The first-order valence-electron chi connectivity index (χ1n) is 11.1. The number of benzene rings is 1. The fourth-order valence-corrected chi connectivity index (χ4v) is 3.70. The van der Waals surface area contributed by atoms with Crippen LogP contribution in [-0.4, -0.2) is 64.5 Å². The minimum atomic E-state index is -0.500. The molecule has 0 saturated carbocycles. The molecule has 0 spiro atoms. The van der Waals surface area contributed by atoms with Crippen molar-refractivity contribution in [2.75, 3.05) is 44.8 Å². The molecule has 1 aliphatic heterocycles. The molecule has 0 radical (unpaired) electrons. The molecule has 4 heterocycles. The van der Waals surface area contributed by atoms with E-state index in [2.05, 4.69) is 30.4 Å². The van der Waals surface area contributed by atoms with Crippen LogP contribution in [0.3, 0.4) is 0 Å². The van der Waals surface area contributed by atoms with Crippen LogP contribution in [0.15, 0.2) is 48.9 Å². The lowest BCUT2D eigenvalue weighted by Crippen LogP contribution is -2.38. The van der Waals surface area contributed by atoms with Crippen LogP contribution < -0.4 is 14.8 Å². The summed E-state index contributed by atoms with van der Waals surface area (Å²) < 4.78 is 31.7. The van der Waals surface area contributed by atoms with Crippen LogP contribution >= 0.6 is 0 Å². The minimum absolute atomic E-state index is 0.114. The maximum Gasteiger partial charge on any atom is 0.242 e. The van der Waals surface area contributed by atoms with Gasteiger partial charge in [0.15, 0.2) is 11.6 Å². The monoisotopic (exact) mass is 464 g/mol. The fourth-order valence-electron chi connectivity index (χ4n) is 3.70. The number of H-pyrrole nitrogens is 1. The van der Waals surface area contributed by atoms with Gasteiger partial charge in [-0.2, -0.15) is 0 Å². The number of pyridine rings is 2. The van der Waals surface area contributed by atoms with Crippen molar-refractivity contribution in [2.24, 2.45) is 0 Å². The molecule has 0 unspecified atom stereocenters. The van der Waals surface area contributed by atoms with E-state index in [1.165, 1.54) is 6.07 Å². The first kappa shape index (κ1) is 22.1. The molecule has 0 aliphatic carbocycles. The van der Waals surface area contributed by atoms with Crippen LogP contribution in [0.5, 0.6) is 17.4 Å². The zero-order valence-electron chi connectivity index (χ0n) is 18.8. The Hall–Kier alpha value is -3.76. The molecule has 4 aromatic rings. The Morgan fingerprint density at radius 2 is 2.03 bits per heavy atom. The Morgan fingerprint density at radius 3 is 2.82 bits per heavy atom. The summed E-state index contributed by atoms with van der Waals surface area (Å²) >= 11 is 0. The Bertz CT molecular complexity index is 1260. The highest BCUT2D eigenvalue weighted by molar-refractivity contribution is 5.96. The smallest absolute Gasteiger partial charge is 0.242 e. The highest BCUT2D eigenvalue weighted by Gasteiger charge is 2.15. The molecule has 1 aliphatic rings. The van der Waals surface area contributed by atoms with Gasteiger partial charge >= 0.3 is 0 Å². The third-order valence-corrected chi connectivity index (χ3v) is 5.51. The minimum Gasteiger partial charge on any atom is -0.475 e. The summed E-state index contributed by atoms with van der Waals surface area (Å²) in [5, 5.41) is 11.2. The summed E-state index contributed by atoms with van der Waals surface area (Å²) in [7, 11) is 0. The predicted octanol–water partition coefficient (Wildman–Crippen LogP) is 4.05. The van der Waals surface area contributed by atoms with Crippen molar-refractivity contribution in [3.63, 3.8) is 0 Å². The third-order valence-electron chi connectivity index (χ3n) is 5.51. The molecule has 1 saturated heterocycles. The van der Waals surface area contributed by atoms with E-state index < -0.39 is 5.82 Å². The van der Waals surface area contributed by atoms with Crippen molar-refractivity contribution in [3.8, 4) is 17.4 Å². The maximum absolute atomic E-state index is 14.7. The van der Waals surface area contributed by atoms with E-state index in [1.54, 1.807) is 36.8 Å². The van der Waals surface area contributed by atoms with Gasteiger partial charge in [-0.25, -0.2) is 4.39 Å². The van der Waals surface area contributed by atoms with E-state index in [-0.39, 0.29) is 5.75 Å². The zero-order valence-corrected chi connectivity index (χ0v) is 18.8. The predicted molar refractivity (Wildman–Crippen MR) is 125 cm³/mol. The molecule has 2 N–H and O–H groups in total. The van der Waals surface area contributed by atoms with E-state index in [4.69, 9.17) is 14.2 Å². The number of aryl methyl sites for hydroxylation is 1. The normalized spacial score (nSPS) is 14.3. The molecule has 34 heavy (non-hydrogen) atoms. The number of halogens is 1. The summed E-state index contributed by atoms with van der Waals surface area (Å²) in [4.78, 5) is 10.7. The number of aromatic nitrogens is 4. The van der Waals surface area contributed by atoms with Gasteiger partial charge in [-0.1, -0.05) is 0 Å². The lowest BCUT2D eigenvalue weighted by Gasteiger charge is -2.26. The molecule has 176 valence electrons. The average molecular weight is 465 g/mol. The van der Waals surface area contributed by atoms with Gasteiger partial charge in [0.25, 0.3) is 0 Å². The van der Waals surface area contributed by atoms with Crippen molar-refractivity contribution >= 4 is 22.3 Å². The van der Waals surface area contributed by atoms with Gasteiger partial charge in [0.2, 0.25) is 5.88 Å². The van der Waals surface area contributed by atoms with Crippen LogP contribution in [0.1, 0.15) is 5.69 Å². The summed E-state index contributed by atoms with van der Waals surface area (Å²) in [5.41, 5.74) is 2.78. The lowest BCUT2D eigenvalue weighted by atomic mass is 10.2. The van der Waals surface area contributed by atoms with Crippen LogP contribution in [0.25, 0.3) is 10.9 Å². The molecule has 1 aromatic carbocycles. The number of morpholine rings is 1. The van der Waals surface area contributed by atoms with Gasteiger partial charge in [0.1, 0.15) is 12.4 Å². The number of anilines is 2. The zero-order chi connectivity index (χ0) is 23.3.